The van der Waals surface area contributed by atoms with E-state index < -0.39 is 5.82 Å². The topological polar surface area (TPSA) is 52.3 Å². The van der Waals surface area contributed by atoms with Gasteiger partial charge in [0.25, 0.3) is 0 Å². The lowest BCUT2D eigenvalue weighted by atomic mass is 10.2. The van der Waals surface area contributed by atoms with Gasteiger partial charge in [0, 0.05) is 6.07 Å². The van der Waals surface area contributed by atoms with E-state index in [0.717, 1.165) is 6.07 Å². The Morgan fingerprint density at radius 1 is 1.58 bits per heavy atom. The van der Waals surface area contributed by atoms with Gasteiger partial charge in [-0.25, -0.2) is 4.39 Å². The standard InChI is InChI=1S/C8H8FNO2/c1-12-8-3-7(10)6(9)2-5(8)4-11/h2-4H,10H2,1H3. The summed E-state index contributed by atoms with van der Waals surface area (Å²) >= 11 is 0. The molecule has 1 aromatic carbocycles. The monoisotopic (exact) mass is 169 g/mol. The first kappa shape index (κ1) is 8.52. The molecular weight excluding hydrogens is 161 g/mol. The lowest BCUT2D eigenvalue weighted by molar-refractivity contribution is 0.112. The predicted octanol–water partition coefficient (Wildman–Crippen LogP) is 1.23. The van der Waals surface area contributed by atoms with Crippen molar-refractivity contribution < 1.29 is 13.9 Å². The van der Waals surface area contributed by atoms with Gasteiger partial charge in [0.15, 0.2) is 6.29 Å². The number of benzene rings is 1. The molecule has 0 amide bonds. The molecule has 0 aromatic heterocycles. The first-order valence-corrected chi connectivity index (χ1v) is 3.27. The van der Waals surface area contributed by atoms with Crippen LogP contribution in [0.4, 0.5) is 10.1 Å². The third kappa shape index (κ3) is 1.37. The fraction of sp³-hybridized carbons (Fsp3) is 0.125. The number of rotatable bonds is 2. The lowest BCUT2D eigenvalue weighted by Crippen LogP contribution is -1.96. The number of halogens is 1. The van der Waals surface area contributed by atoms with Crippen LogP contribution < -0.4 is 10.5 Å². The van der Waals surface area contributed by atoms with Crippen molar-refractivity contribution in [2.24, 2.45) is 0 Å². The largest absolute Gasteiger partial charge is 0.496 e. The maximum Gasteiger partial charge on any atom is 0.153 e. The number of hydrogen-bond acceptors (Lipinski definition) is 3. The van der Waals surface area contributed by atoms with Crippen molar-refractivity contribution in [3.8, 4) is 5.75 Å². The van der Waals surface area contributed by atoms with Gasteiger partial charge in [0.1, 0.15) is 11.6 Å². The van der Waals surface area contributed by atoms with Crippen LogP contribution >= 0.6 is 0 Å². The number of carbonyl (C=O) groups excluding carboxylic acids is 1. The van der Waals surface area contributed by atoms with Crippen LogP contribution in [0.1, 0.15) is 10.4 Å². The summed E-state index contributed by atoms with van der Waals surface area (Å²) in [6.45, 7) is 0. The van der Waals surface area contributed by atoms with E-state index in [0.29, 0.717) is 6.29 Å². The van der Waals surface area contributed by atoms with E-state index in [4.69, 9.17) is 10.5 Å². The number of ether oxygens (including phenoxy) is 1. The minimum Gasteiger partial charge on any atom is -0.496 e. The fourth-order valence-electron chi connectivity index (χ4n) is 0.853. The van der Waals surface area contributed by atoms with Crippen LogP contribution in [0, 0.1) is 5.82 Å². The van der Waals surface area contributed by atoms with Crippen LogP contribution in [0.5, 0.6) is 5.75 Å². The SMILES string of the molecule is COc1cc(N)c(F)cc1C=O. The molecule has 0 bridgehead atoms. The quantitative estimate of drug-likeness (QED) is 0.535. The van der Waals surface area contributed by atoms with Crippen LogP contribution in [-0.2, 0) is 0 Å². The van der Waals surface area contributed by atoms with E-state index in [9.17, 15) is 9.18 Å². The van der Waals surface area contributed by atoms with Gasteiger partial charge >= 0.3 is 0 Å². The Morgan fingerprint density at radius 2 is 2.25 bits per heavy atom. The molecule has 0 aliphatic carbocycles. The van der Waals surface area contributed by atoms with Crippen molar-refractivity contribution in [1.82, 2.24) is 0 Å². The van der Waals surface area contributed by atoms with Crippen LogP contribution in [0.15, 0.2) is 12.1 Å². The second-order valence-corrected chi connectivity index (χ2v) is 2.23. The lowest BCUT2D eigenvalue weighted by Gasteiger charge is -2.04. The zero-order chi connectivity index (χ0) is 9.14. The minimum atomic E-state index is -0.613. The van der Waals surface area contributed by atoms with E-state index in [1.807, 2.05) is 0 Å². The molecule has 0 fully saturated rings. The van der Waals surface area contributed by atoms with Crippen molar-refractivity contribution in [3.05, 3.63) is 23.5 Å². The Bertz CT molecular complexity index is 312. The smallest absolute Gasteiger partial charge is 0.153 e. The fourth-order valence-corrected chi connectivity index (χ4v) is 0.853. The molecule has 0 radical (unpaired) electrons. The van der Waals surface area contributed by atoms with Gasteiger partial charge < -0.3 is 10.5 Å². The van der Waals surface area contributed by atoms with E-state index >= 15 is 0 Å². The summed E-state index contributed by atoms with van der Waals surface area (Å²) in [4.78, 5) is 10.4. The van der Waals surface area contributed by atoms with Gasteiger partial charge in [-0.1, -0.05) is 0 Å². The zero-order valence-electron chi connectivity index (χ0n) is 6.50. The Hall–Kier alpha value is -1.58. The summed E-state index contributed by atoms with van der Waals surface area (Å²) in [5.74, 6) is -0.332. The van der Waals surface area contributed by atoms with Crippen molar-refractivity contribution in [2.45, 2.75) is 0 Å². The highest BCUT2D eigenvalue weighted by Gasteiger charge is 2.06. The van der Waals surface area contributed by atoms with Crippen molar-refractivity contribution >= 4 is 12.0 Å². The Labute approximate surface area is 68.9 Å². The van der Waals surface area contributed by atoms with Gasteiger partial charge in [0.2, 0.25) is 0 Å². The van der Waals surface area contributed by atoms with Crippen LogP contribution in [0.25, 0.3) is 0 Å². The van der Waals surface area contributed by atoms with Crippen LogP contribution in [-0.4, -0.2) is 13.4 Å². The van der Waals surface area contributed by atoms with E-state index in [2.05, 4.69) is 0 Å². The van der Waals surface area contributed by atoms with Crippen molar-refractivity contribution in [1.29, 1.82) is 0 Å². The number of nitrogens with two attached hydrogens (primary N) is 1. The molecule has 1 aromatic rings. The van der Waals surface area contributed by atoms with Crippen molar-refractivity contribution in [2.75, 3.05) is 12.8 Å². The Balaban J connectivity index is 3.28. The molecule has 2 N–H and O–H groups in total. The third-order valence-corrected chi connectivity index (χ3v) is 1.48. The molecule has 0 unspecified atom stereocenters. The Kier molecular flexibility index (Phi) is 2.28. The number of nitrogen functional groups attached to an aromatic ring is 1. The highest BCUT2D eigenvalue weighted by atomic mass is 19.1. The number of carbonyl (C=O) groups is 1. The third-order valence-electron chi connectivity index (χ3n) is 1.48. The van der Waals surface area contributed by atoms with Gasteiger partial charge in [-0.3, -0.25) is 4.79 Å². The molecule has 64 valence electrons. The average Bonchev–Trinajstić information content (AvgIpc) is 2.09. The maximum absolute atomic E-state index is 12.7. The summed E-state index contributed by atoms with van der Waals surface area (Å²) in [6, 6.07) is 2.32. The molecule has 0 saturated carbocycles. The summed E-state index contributed by atoms with van der Waals surface area (Å²) in [5.41, 5.74) is 5.38. The van der Waals surface area contributed by atoms with E-state index in [1.54, 1.807) is 0 Å². The van der Waals surface area contributed by atoms with E-state index in [-0.39, 0.29) is 17.0 Å². The molecule has 12 heavy (non-hydrogen) atoms. The number of methoxy groups -OCH3 is 1. The minimum absolute atomic E-state index is 0.0301. The highest BCUT2D eigenvalue weighted by Crippen LogP contribution is 2.22. The molecule has 3 nitrogen and oxygen atoms in total. The zero-order valence-corrected chi connectivity index (χ0v) is 6.50. The maximum atomic E-state index is 12.7. The van der Waals surface area contributed by atoms with E-state index in [1.165, 1.54) is 13.2 Å². The summed E-state index contributed by atoms with van der Waals surface area (Å²) in [6.07, 6.45) is 0.515. The van der Waals surface area contributed by atoms with Gasteiger partial charge in [-0.05, 0) is 6.07 Å². The van der Waals surface area contributed by atoms with Gasteiger partial charge in [-0.2, -0.15) is 0 Å². The van der Waals surface area contributed by atoms with Gasteiger partial charge in [0.05, 0.1) is 18.4 Å². The number of hydrogen-bond donors (Lipinski definition) is 1. The van der Waals surface area contributed by atoms with Crippen LogP contribution in [0.3, 0.4) is 0 Å². The normalized spacial score (nSPS) is 9.50. The highest BCUT2D eigenvalue weighted by molar-refractivity contribution is 5.80. The number of aldehydes is 1. The second-order valence-electron chi connectivity index (χ2n) is 2.23. The summed E-state index contributed by atoms with van der Waals surface area (Å²) in [7, 11) is 1.39. The predicted molar refractivity (Wildman–Crippen MR) is 42.8 cm³/mol. The molecule has 1 rings (SSSR count). The molecule has 0 saturated heterocycles. The second kappa shape index (κ2) is 3.21. The first-order valence-electron chi connectivity index (χ1n) is 3.27. The molecule has 0 aliphatic rings. The summed E-state index contributed by atoms with van der Waals surface area (Å²) < 4.78 is 17.5. The van der Waals surface area contributed by atoms with Crippen molar-refractivity contribution in [3.63, 3.8) is 0 Å². The summed E-state index contributed by atoms with van der Waals surface area (Å²) in [5, 5.41) is 0. The molecular formula is C8H8FNO2. The Morgan fingerprint density at radius 3 is 2.75 bits per heavy atom. The van der Waals surface area contributed by atoms with Gasteiger partial charge in [-0.15, -0.1) is 0 Å². The molecule has 0 heterocycles. The molecule has 0 aliphatic heterocycles. The van der Waals surface area contributed by atoms with Crippen LogP contribution in [0.2, 0.25) is 0 Å². The first-order chi connectivity index (χ1) is 5.69. The average molecular weight is 169 g/mol. The molecule has 0 spiro atoms. The number of anilines is 1. The molecule has 4 heteroatoms. The molecule has 0 atom stereocenters.